The number of aryl methyl sites for hydroxylation is 1. The van der Waals surface area contributed by atoms with Crippen LogP contribution in [0.1, 0.15) is 10.6 Å². The predicted molar refractivity (Wildman–Crippen MR) is 60.1 cm³/mol. The summed E-state index contributed by atoms with van der Waals surface area (Å²) in [6.45, 7) is 1.86. The fourth-order valence-electron chi connectivity index (χ4n) is 1.26. The maximum Gasteiger partial charge on any atom is 0.433 e. The van der Waals surface area contributed by atoms with Crippen molar-refractivity contribution in [2.24, 2.45) is 0 Å². The highest BCUT2D eigenvalue weighted by molar-refractivity contribution is 7.15. The zero-order valence-electron chi connectivity index (χ0n) is 8.55. The fourth-order valence-corrected chi connectivity index (χ4v) is 2.27. The van der Waals surface area contributed by atoms with Gasteiger partial charge in [-0.1, -0.05) is 0 Å². The van der Waals surface area contributed by atoms with Crippen molar-refractivity contribution >= 4 is 22.9 Å². The first kappa shape index (κ1) is 12.3. The number of thiophene rings is 1. The maximum absolute atomic E-state index is 12.5. The number of hydrogen-bond donors (Lipinski definition) is 0. The van der Waals surface area contributed by atoms with E-state index in [0.29, 0.717) is 4.88 Å². The smallest absolute Gasteiger partial charge is 0.217 e. The summed E-state index contributed by atoms with van der Waals surface area (Å²) in [7, 11) is 0. The third-order valence-corrected chi connectivity index (χ3v) is 3.17. The van der Waals surface area contributed by atoms with Crippen LogP contribution in [-0.2, 0) is 6.18 Å². The van der Waals surface area contributed by atoms with Crippen molar-refractivity contribution in [3.63, 3.8) is 0 Å². The summed E-state index contributed by atoms with van der Waals surface area (Å²) in [5.41, 5.74) is -0.839. The number of aromatic nitrogens is 2. The second-order valence-electron chi connectivity index (χ2n) is 3.32. The largest absolute Gasteiger partial charge is 0.433 e. The molecule has 2 nitrogen and oxygen atoms in total. The van der Waals surface area contributed by atoms with Crippen LogP contribution in [0.15, 0.2) is 18.2 Å². The molecule has 0 fully saturated rings. The number of nitrogens with zero attached hydrogens (tertiary/aromatic N) is 2. The lowest BCUT2D eigenvalue weighted by Gasteiger charge is -2.06. The van der Waals surface area contributed by atoms with Gasteiger partial charge in [0.15, 0.2) is 0 Å². The topological polar surface area (TPSA) is 25.8 Å². The Bertz CT molecular complexity index is 551. The van der Waals surface area contributed by atoms with E-state index in [1.807, 2.05) is 13.0 Å². The molecule has 0 amide bonds. The average Bonchev–Trinajstić information content (AvgIpc) is 2.62. The summed E-state index contributed by atoms with van der Waals surface area (Å²) in [5.74, 6) is 0. The van der Waals surface area contributed by atoms with Crippen LogP contribution in [0, 0.1) is 6.92 Å². The van der Waals surface area contributed by atoms with Gasteiger partial charge in [-0.05, 0) is 36.7 Å². The van der Waals surface area contributed by atoms with Crippen molar-refractivity contribution in [1.82, 2.24) is 9.97 Å². The number of alkyl halides is 3. The maximum atomic E-state index is 12.5. The lowest BCUT2D eigenvalue weighted by Crippen LogP contribution is -2.09. The van der Waals surface area contributed by atoms with Gasteiger partial charge in [0.05, 0.1) is 10.6 Å². The van der Waals surface area contributed by atoms with E-state index in [1.54, 1.807) is 6.07 Å². The Morgan fingerprint density at radius 3 is 2.47 bits per heavy atom. The van der Waals surface area contributed by atoms with Gasteiger partial charge in [0.25, 0.3) is 0 Å². The van der Waals surface area contributed by atoms with Crippen LogP contribution in [0.3, 0.4) is 0 Å². The summed E-state index contributed by atoms with van der Waals surface area (Å²) in [6.07, 6.45) is -4.52. The predicted octanol–water partition coefficient (Wildman–Crippen LogP) is 4.19. The van der Waals surface area contributed by atoms with Crippen molar-refractivity contribution in [3.05, 3.63) is 34.1 Å². The van der Waals surface area contributed by atoms with Crippen molar-refractivity contribution < 1.29 is 13.2 Å². The van der Waals surface area contributed by atoms with Crippen LogP contribution in [0.2, 0.25) is 5.28 Å². The first-order chi connectivity index (χ1) is 7.86. The molecule has 7 heteroatoms. The molecule has 2 aromatic heterocycles. The lowest BCUT2D eigenvalue weighted by molar-refractivity contribution is -0.141. The SMILES string of the molecule is Cc1ccc(-c2cc(C(F)(F)F)nc(Cl)n2)s1. The summed E-state index contributed by atoms with van der Waals surface area (Å²) in [5, 5.41) is -0.402. The molecule has 0 radical (unpaired) electrons. The van der Waals surface area contributed by atoms with E-state index in [2.05, 4.69) is 9.97 Å². The molecular weight excluding hydrogens is 273 g/mol. The molecule has 0 aromatic carbocycles. The van der Waals surface area contributed by atoms with Gasteiger partial charge in [-0.25, -0.2) is 9.97 Å². The van der Waals surface area contributed by atoms with Crippen LogP contribution in [0.4, 0.5) is 13.2 Å². The standard InChI is InChI=1S/C10H6ClF3N2S/c1-5-2-3-7(17-5)6-4-8(10(12,13)14)16-9(11)15-6/h2-4H,1H3. The molecule has 0 aliphatic heterocycles. The number of rotatable bonds is 1. The first-order valence-corrected chi connectivity index (χ1v) is 5.74. The molecule has 0 atom stereocenters. The van der Waals surface area contributed by atoms with Crippen LogP contribution < -0.4 is 0 Å². The third kappa shape index (κ3) is 2.76. The van der Waals surface area contributed by atoms with Gasteiger partial charge in [0.1, 0.15) is 5.69 Å². The van der Waals surface area contributed by atoms with E-state index in [1.165, 1.54) is 11.3 Å². The molecule has 0 bridgehead atoms. The van der Waals surface area contributed by atoms with Crippen LogP contribution >= 0.6 is 22.9 Å². The Hall–Kier alpha value is -1.14. The minimum Gasteiger partial charge on any atom is -0.217 e. The molecule has 2 heterocycles. The van der Waals surface area contributed by atoms with Crippen molar-refractivity contribution in [2.45, 2.75) is 13.1 Å². The summed E-state index contributed by atoms with van der Waals surface area (Å²) >= 11 is 6.85. The molecule has 0 aliphatic carbocycles. The van der Waals surface area contributed by atoms with E-state index in [0.717, 1.165) is 10.9 Å². The average molecular weight is 279 g/mol. The Morgan fingerprint density at radius 1 is 1.24 bits per heavy atom. The lowest BCUT2D eigenvalue weighted by atomic mass is 10.3. The molecule has 0 spiro atoms. The van der Waals surface area contributed by atoms with Gasteiger partial charge in [-0.3, -0.25) is 0 Å². The van der Waals surface area contributed by atoms with E-state index < -0.39 is 17.2 Å². The van der Waals surface area contributed by atoms with E-state index >= 15 is 0 Å². The number of hydrogen-bond acceptors (Lipinski definition) is 3. The highest BCUT2D eigenvalue weighted by atomic mass is 35.5. The van der Waals surface area contributed by atoms with E-state index in [4.69, 9.17) is 11.6 Å². The van der Waals surface area contributed by atoms with Gasteiger partial charge in [-0.2, -0.15) is 13.2 Å². The molecule has 0 N–H and O–H groups in total. The minimum atomic E-state index is -4.52. The molecular formula is C10H6ClF3N2S. The van der Waals surface area contributed by atoms with Gasteiger partial charge in [-0.15, -0.1) is 11.3 Å². The highest BCUT2D eigenvalue weighted by Crippen LogP contribution is 2.33. The third-order valence-electron chi connectivity index (χ3n) is 1.98. The van der Waals surface area contributed by atoms with Gasteiger partial charge in [0, 0.05) is 4.88 Å². The molecule has 0 saturated heterocycles. The zero-order valence-corrected chi connectivity index (χ0v) is 10.1. The zero-order chi connectivity index (χ0) is 12.6. The van der Waals surface area contributed by atoms with E-state index in [-0.39, 0.29) is 5.69 Å². The molecule has 0 unspecified atom stereocenters. The summed E-state index contributed by atoms with van der Waals surface area (Å²) in [4.78, 5) is 8.59. The van der Waals surface area contributed by atoms with Gasteiger partial charge in [0.2, 0.25) is 5.28 Å². The minimum absolute atomic E-state index is 0.190. The first-order valence-electron chi connectivity index (χ1n) is 4.55. The normalized spacial score (nSPS) is 11.8. The highest BCUT2D eigenvalue weighted by Gasteiger charge is 2.33. The second-order valence-corrected chi connectivity index (χ2v) is 4.94. The molecule has 2 rings (SSSR count). The second kappa shape index (κ2) is 4.27. The van der Waals surface area contributed by atoms with Gasteiger partial charge >= 0.3 is 6.18 Å². The molecule has 90 valence electrons. The summed E-state index contributed by atoms with van der Waals surface area (Å²) in [6, 6.07) is 4.42. The quantitative estimate of drug-likeness (QED) is 0.731. The van der Waals surface area contributed by atoms with Crippen molar-refractivity contribution in [2.75, 3.05) is 0 Å². The van der Waals surface area contributed by atoms with Crippen LogP contribution in [-0.4, -0.2) is 9.97 Å². The molecule has 2 aromatic rings. The molecule has 0 saturated carbocycles. The molecule has 17 heavy (non-hydrogen) atoms. The number of halogens is 4. The Balaban J connectivity index is 2.52. The Kier molecular flexibility index (Phi) is 3.09. The fraction of sp³-hybridized carbons (Fsp3) is 0.200. The van der Waals surface area contributed by atoms with Crippen molar-refractivity contribution in [1.29, 1.82) is 0 Å². The van der Waals surface area contributed by atoms with E-state index in [9.17, 15) is 13.2 Å². The molecule has 0 aliphatic rings. The van der Waals surface area contributed by atoms with Crippen LogP contribution in [0.25, 0.3) is 10.6 Å². The van der Waals surface area contributed by atoms with Crippen molar-refractivity contribution in [3.8, 4) is 10.6 Å². The van der Waals surface area contributed by atoms with Gasteiger partial charge < -0.3 is 0 Å². The Morgan fingerprint density at radius 2 is 1.94 bits per heavy atom. The monoisotopic (exact) mass is 278 g/mol. The Labute approximate surface area is 104 Å². The van der Waals surface area contributed by atoms with Crippen LogP contribution in [0.5, 0.6) is 0 Å². The summed E-state index contributed by atoms with van der Waals surface area (Å²) < 4.78 is 37.6.